The second-order valence-corrected chi connectivity index (χ2v) is 6.25. The number of hydrogen-bond donors (Lipinski definition) is 2. The molecule has 132 valence electrons. The molecule has 1 saturated heterocycles. The van der Waals surface area contributed by atoms with E-state index in [1.165, 1.54) is 0 Å². The van der Waals surface area contributed by atoms with E-state index in [2.05, 4.69) is 10.2 Å². The van der Waals surface area contributed by atoms with Gasteiger partial charge in [0.15, 0.2) is 0 Å². The highest BCUT2D eigenvalue weighted by molar-refractivity contribution is 5.85. The minimum atomic E-state index is -2.86. The second-order valence-electron chi connectivity index (χ2n) is 6.25. The third-order valence-corrected chi connectivity index (χ3v) is 4.09. The minimum absolute atomic E-state index is 0. The fourth-order valence-electron chi connectivity index (χ4n) is 3.05. The van der Waals surface area contributed by atoms with Crippen LogP contribution in [0.1, 0.15) is 25.5 Å². The van der Waals surface area contributed by atoms with Crippen molar-refractivity contribution < 1.29 is 18.6 Å². The summed E-state index contributed by atoms with van der Waals surface area (Å²) in [5, 5.41) is 13.1. The highest BCUT2D eigenvalue weighted by Gasteiger charge is 2.37. The third-order valence-electron chi connectivity index (χ3n) is 4.09. The van der Waals surface area contributed by atoms with Crippen LogP contribution < -0.4 is 10.1 Å². The standard InChI is InChI=1S/C16H24F2N2O2.ClH/c1-16(2,11-21)14(20-9-7-19-8-10-20)12-5-3-4-6-13(12)22-15(17)18;/h3-6,14-15,19,21H,7-11H2,1-2H3;1H/t14-;/m0./s1. The van der Waals surface area contributed by atoms with Gasteiger partial charge in [0, 0.05) is 49.8 Å². The number of piperazine rings is 1. The molecule has 1 heterocycles. The molecule has 0 aliphatic carbocycles. The fraction of sp³-hybridized carbons (Fsp3) is 0.625. The zero-order valence-electron chi connectivity index (χ0n) is 13.5. The first-order chi connectivity index (χ1) is 10.5. The number of rotatable bonds is 6. The lowest BCUT2D eigenvalue weighted by Crippen LogP contribution is -2.49. The zero-order valence-corrected chi connectivity index (χ0v) is 14.3. The molecule has 0 amide bonds. The van der Waals surface area contributed by atoms with Crippen LogP contribution in [0.2, 0.25) is 0 Å². The Morgan fingerprint density at radius 1 is 1.26 bits per heavy atom. The first-order valence-electron chi connectivity index (χ1n) is 7.55. The van der Waals surface area contributed by atoms with Crippen LogP contribution in [0.25, 0.3) is 0 Å². The molecule has 2 N–H and O–H groups in total. The van der Waals surface area contributed by atoms with E-state index >= 15 is 0 Å². The number of alkyl halides is 2. The van der Waals surface area contributed by atoms with Gasteiger partial charge in [0.1, 0.15) is 5.75 Å². The Morgan fingerprint density at radius 2 is 1.87 bits per heavy atom. The van der Waals surface area contributed by atoms with Gasteiger partial charge in [0.2, 0.25) is 0 Å². The molecule has 1 aromatic rings. The molecule has 0 saturated carbocycles. The van der Waals surface area contributed by atoms with E-state index in [1.54, 1.807) is 12.1 Å². The zero-order chi connectivity index (χ0) is 16.2. The van der Waals surface area contributed by atoms with Gasteiger partial charge >= 0.3 is 6.61 Å². The fourth-order valence-corrected chi connectivity index (χ4v) is 3.05. The molecule has 1 aromatic carbocycles. The number of ether oxygens (including phenoxy) is 1. The van der Waals surface area contributed by atoms with Gasteiger partial charge < -0.3 is 15.2 Å². The van der Waals surface area contributed by atoms with Gasteiger partial charge in [-0.1, -0.05) is 32.0 Å². The first-order valence-corrected chi connectivity index (χ1v) is 7.55. The molecular formula is C16H25ClF2N2O2. The smallest absolute Gasteiger partial charge is 0.387 e. The van der Waals surface area contributed by atoms with E-state index in [-0.39, 0.29) is 30.8 Å². The van der Waals surface area contributed by atoms with Crippen molar-refractivity contribution in [2.45, 2.75) is 26.5 Å². The molecule has 0 unspecified atom stereocenters. The number of nitrogens with zero attached hydrogens (tertiary/aromatic N) is 1. The number of halogens is 3. The van der Waals surface area contributed by atoms with Crippen LogP contribution in [-0.4, -0.2) is 49.4 Å². The molecule has 0 spiro atoms. The molecule has 7 heteroatoms. The Balaban J connectivity index is 0.00000264. The molecule has 1 fully saturated rings. The summed E-state index contributed by atoms with van der Waals surface area (Å²) in [6.07, 6.45) is 0. The summed E-state index contributed by atoms with van der Waals surface area (Å²) in [6, 6.07) is 6.68. The van der Waals surface area contributed by atoms with Crippen LogP contribution >= 0.6 is 12.4 Å². The Labute approximate surface area is 142 Å². The molecule has 2 rings (SSSR count). The van der Waals surface area contributed by atoms with Crippen molar-refractivity contribution in [2.24, 2.45) is 5.41 Å². The number of aliphatic hydroxyl groups excluding tert-OH is 1. The number of aliphatic hydroxyl groups is 1. The second kappa shape index (κ2) is 8.78. The molecule has 0 bridgehead atoms. The Morgan fingerprint density at radius 3 is 2.43 bits per heavy atom. The van der Waals surface area contributed by atoms with E-state index in [1.807, 2.05) is 26.0 Å². The molecule has 23 heavy (non-hydrogen) atoms. The van der Waals surface area contributed by atoms with Crippen molar-refractivity contribution in [1.29, 1.82) is 0 Å². The predicted octanol–water partition coefficient (Wildman–Crippen LogP) is 2.67. The monoisotopic (exact) mass is 350 g/mol. The summed E-state index contributed by atoms with van der Waals surface area (Å²) in [7, 11) is 0. The Hall–Kier alpha value is -0.950. The van der Waals surface area contributed by atoms with Crippen LogP contribution in [0, 0.1) is 5.41 Å². The molecule has 1 aliphatic rings. The topological polar surface area (TPSA) is 44.7 Å². The van der Waals surface area contributed by atoms with Gasteiger partial charge in [-0.3, -0.25) is 4.90 Å². The quantitative estimate of drug-likeness (QED) is 0.828. The number of nitrogens with one attached hydrogen (secondary N) is 1. The SMILES string of the molecule is CC(C)(CO)[C@H](c1ccccc1OC(F)F)N1CCNCC1.Cl. The summed E-state index contributed by atoms with van der Waals surface area (Å²) in [6.45, 7) is 4.28. The van der Waals surface area contributed by atoms with E-state index in [9.17, 15) is 13.9 Å². The maximum absolute atomic E-state index is 12.7. The van der Waals surface area contributed by atoms with Gasteiger partial charge in [-0.2, -0.15) is 8.78 Å². The van der Waals surface area contributed by atoms with Crippen LogP contribution in [0.15, 0.2) is 24.3 Å². The summed E-state index contributed by atoms with van der Waals surface area (Å²) in [5.41, 5.74) is 0.225. The molecule has 1 aliphatic heterocycles. The largest absolute Gasteiger partial charge is 0.434 e. The molecular weight excluding hydrogens is 326 g/mol. The van der Waals surface area contributed by atoms with Crippen molar-refractivity contribution in [2.75, 3.05) is 32.8 Å². The lowest BCUT2D eigenvalue weighted by Gasteiger charge is -2.43. The summed E-state index contributed by atoms with van der Waals surface area (Å²) < 4.78 is 30.1. The van der Waals surface area contributed by atoms with Crippen LogP contribution in [-0.2, 0) is 0 Å². The van der Waals surface area contributed by atoms with Crippen LogP contribution in [0.4, 0.5) is 8.78 Å². The van der Waals surface area contributed by atoms with Crippen molar-refractivity contribution in [3.63, 3.8) is 0 Å². The highest BCUT2D eigenvalue weighted by Crippen LogP contribution is 2.42. The maximum atomic E-state index is 12.7. The summed E-state index contributed by atoms with van der Waals surface area (Å²) in [4.78, 5) is 2.22. The van der Waals surface area contributed by atoms with Crippen molar-refractivity contribution >= 4 is 12.4 Å². The third kappa shape index (κ3) is 5.01. The number of benzene rings is 1. The van der Waals surface area contributed by atoms with Crippen molar-refractivity contribution in [3.05, 3.63) is 29.8 Å². The van der Waals surface area contributed by atoms with Gasteiger partial charge in [-0.25, -0.2) is 0 Å². The van der Waals surface area contributed by atoms with Crippen molar-refractivity contribution in [3.8, 4) is 5.75 Å². The normalized spacial score (nSPS) is 17.7. The van der Waals surface area contributed by atoms with E-state index in [0.717, 1.165) is 26.2 Å². The summed E-state index contributed by atoms with van der Waals surface area (Å²) in [5.74, 6) is 0.183. The van der Waals surface area contributed by atoms with Gasteiger partial charge in [0.05, 0.1) is 0 Å². The number of hydrogen-bond acceptors (Lipinski definition) is 4. The highest BCUT2D eigenvalue weighted by atomic mass is 35.5. The van der Waals surface area contributed by atoms with Crippen LogP contribution in [0.5, 0.6) is 5.75 Å². The molecule has 4 nitrogen and oxygen atoms in total. The first kappa shape index (κ1) is 20.1. The molecule has 0 aromatic heterocycles. The average Bonchev–Trinajstić information content (AvgIpc) is 2.49. The average molecular weight is 351 g/mol. The van der Waals surface area contributed by atoms with Gasteiger partial charge in [-0.05, 0) is 6.07 Å². The summed E-state index contributed by atoms with van der Waals surface area (Å²) >= 11 is 0. The lowest BCUT2D eigenvalue weighted by atomic mass is 9.79. The Bertz CT molecular complexity index is 483. The predicted molar refractivity (Wildman–Crippen MR) is 88.4 cm³/mol. The minimum Gasteiger partial charge on any atom is -0.434 e. The van der Waals surface area contributed by atoms with Crippen LogP contribution in [0.3, 0.4) is 0 Å². The number of para-hydroxylation sites is 1. The maximum Gasteiger partial charge on any atom is 0.387 e. The van der Waals surface area contributed by atoms with Gasteiger partial charge in [-0.15, -0.1) is 12.4 Å². The molecule has 1 atom stereocenters. The molecule has 0 radical (unpaired) electrons. The Kier molecular flexibility index (Phi) is 7.67. The lowest BCUT2D eigenvalue weighted by molar-refractivity contribution is -0.0530. The van der Waals surface area contributed by atoms with Crippen molar-refractivity contribution in [1.82, 2.24) is 10.2 Å². The van der Waals surface area contributed by atoms with E-state index in [4.69, 9.17) is 4.74 Å². The van der Waals surface area contributed by atoms with Gasteiger partial charge in [0.25, 0.3) is 0 Å². The van der Waals surface area contributed by atoms with E-state index in [0.29, 0.717) is 5.56 Å². The van der Waals surface area contributed by atoms with E-state index < -0.39 is 12.0 Å².